The van der Waals surface area contributed by atoms with E-state index in [0.717, 1.165) is 30.2 Å². The van der Waals surface area contributed by atoms with Crippen LogP contribution in [0.2, 0.25) is 10.0 Å². The Morgan fingerprint density at radius 3 is 2.25 bits per heavy atom. The number of aryl methyl sites for hydroxylation is 1. The molecule has 148 valence electrons. The van der Waals surface area contributed by atoms with Crippen LogP contribution in [0, 0.1) is 6.92 Å². The van der Waals surface area contributed by atoms with Gasteiger partial charge in [-0.05, 0) is 39.2 Å². The molecule has 0 saturated heterocycles. The fourth-order valence-corrected chi connectivity index (χ4v) is 3.11. The van der Waals surface area contributed by atoms with Crippen molar-refractivity contribution in [1.29, 1.82) is 0 Å². The lowest BCUT2D eigenvalue weighted by Gasteiger charge is -2.21. The summed E-state index contributed by atoms with van der Waals surface area (Å²) in [5.74, 6) is 2.65. The Kier molecular flexibility index (Phi) is 6.39. The largest absolute Gasteiger partial charge is 0.358 e. The second-order valence-electron chi connectivity index (χ2n) is 6.88. The van der Waals surface area contributed by atoms with E-state index in [-0.39, 0.29) is 0 Å². The summed E-state index contributed by atoms with van der Waals surface area (Å²) in [6.07, 6.45) is 0. The third-order valence-electron chi connectivity index (χ3n) is 4.07. The van der Waals surface area contributed by atoms with E-state index in [1.807, 2.05) is 40.2 Å². The number of H-pyrrole nitrogens is 1. The lowest BCUT2D eigenvalue weighted by molar-refractivity contribution is 0.416. The third kappa shape index (κ3) is 5.34. The summed E-state index contributed by atoms with van der Waals surface area (Å²) in [6.45, 7) is 3.67. The maximum atomic E-state index is 6.17. The van der Waals surface area contributed by atoms with E-state index in [1.54, 1.807) is 18.2 Å². The van der Waals surface area contributed by atoms with Gasteiger partial charge in [-0.25, -0.2) is 9.97 Å². The lowest BCUT2D eigenvalue weighted by Crippen LogP contribution is -2.29. The van der Waals surface area contributed by atoms with Crippen LogP contribution in [0.1, 0.15) is 5.69 Å². The smallest absolute Gasteiger partial charge is 0.163 e. The van der Waals surface area contributed by atoms with Crippen LogP contribution in [-0.4, -0.2) is 59.3 Å². The third-order valence-corrected chi connectivity index (χ3v) is 4.51. The standard InChI is InChI=1S/C19H23Cl2N7/c1-12-7-17(26-25-12)22-16-11-18(28(4)6-5-27(2)3)24-19(23-16)13-8-14(20)10-15(21)9-13/h7-11H,5-6H2,1-4H3,(H2,22,23,24,25,26). The SMILES string of the molecule is Cc1cc(Nc2cc(N(C)CCN(C)C)nc(-c3cc(Cl)cc(Cl)c3)n2)n[nH]1. The molecule has 0 aliphatic carbocycles. The van der Waals surface area contributed by atoms with Crippen molar-refractivity contribution >= 4 is 40.7 Å². The van der Waals surface area contributed by atoms with Gasteiger partial charge in [-0.3, -0.25) is 5.10 Å². The number of aromatic nitrogens is 4. The normalized spacial score (nSPS) is 11.1. The van der Waals surface area contributed by atoms with Gasteiger partial charge in [-0.2, -0.15) is 5.10 Å². The fraction of sp³-hybridized carbons (Fsp3) is 0.316. The first kappa shape index (κ1) is 20.4. The highest BCUT2D eigenvalue weighted by Crippen LogP contribution is 2.28. The average molecular weight is 420 g/mol. The van der Waals surface area contributed by atoms with E-state index in [0.29, 0.717) is 27.5 Å². The van der Waals surface area contributed by atoms with Crippen molar-refractivity contribution in [1.82, 2.24) is 25.1 Å². The minimum absolute atomic E-state index is 0.536. The zero-order chi connectivity index (χ0) is 20.3. The predicted octanol–water partition coefficient (Wildman–Crippen LogP) is 4.22. The van der Waals surface area contributed by atoms with E-state index >= 15 is 0 Å². The van der Waals surface area contributed by atoms with Gasteiger partial charge in [-0.15, -0.1) is 0 Å². The number of anilines is 3. The number of benzene rings is 1. The maximum absolute atomic E-state index is 6.17. The molecule has 2 heterocycles. The van der Waals surface area contributed by atoms with E-state index in [9.17, 15) is 0 Å². The van der Waals surface area contributed by atoms with Crippen LogP contribution in [0.25, 0.3) is 11.4 Å². The van der Waals surface area contributed by atoms with Crippen LogP contribution in [0.4, 0.5) is 17.5 Å². The molecule has 1 aromatic carbocycles. The highest BCUT2D eigenvalue weighted by atomic mass is 35.5. The van der Waals surface area contributed by atoms with Gasteiger partial charge >= 0.3 is 0 Å². The van der Waals surface area contributed by atoms with Gasteiger partial charge in [0, 0.05) is 53.6 Å². The van der Waals surface area contributed by atoms with Gasteiger partial charge < -0.3 is 15.1 Å². The molecule has 0 fully saturated rings. The van der Waals surface area contributed by atoms with Gasteiger partial charge in [0.05, 0.1) is 0 Å². The molecule has 0 saturated carbocycles. The molecule has 0 unspecified atom stereocenters. The summed E-state index contributed by atoms with van der Waals surface area (Å²) in [4.78, 5) is 13.6. The Hall–Kier alpha value is -2.35. The Morgan fingerprint density at radius 2 is 1.64 bits per heavy atom. The number of aromatic amines is 1. The molecule has 2 aromatic heterocycles. The molecule has 0 bridgehead atoms. The number of hydrogen-bond acceptors (Lipinski definition) is 6. The summed E-state index contributed by atoms with van der Waals surface area (Å²) in [5.41, 5.74) is 1.71. The monoisotopic (exact) mass is 419 g/mol. The van der Waals surface area contributed by atoms with Gasteiger partial charge in [0.1, 0.15) is 11.6 Å². The minimum atomic E-state index is 0.536. The first-order chi connectivity index (χ1) is 13.3. The lowest BCUT2D eigenvalue weighted by atomic mass is 10.2. The quantitative estimate of drug-likeness (QED) is 0.596. The summed E-state index contributed by atoms with van der Waals surface area (Å²) in [7, 11) is 6.09. The second kappa shape index (κ2) is 8.77. The number of hydrogen-bond donors (Lipinski definition) is 2. The topological polar surface area (TPSA) is 73.0 Å². The van der Waals surface area contributed by atoms with Crippen molar-refractivity contribution in [2.45, 2.75) is 6.92 Å². The number of rotatable bonds is 7. The van der Waals surface area contributed by atoms with Crippen LogP contribution in [0.5, 0.6) is 0 Å². The molecule has 0 aliphatic heterocycles. The molecule has 3 aromatic rings. The highest BCUT2D eigenvalue weighted by molar-refractivity contribution is 6.35. The van der Waals surface area contributed by atoms with Crippen LogP contribution in [-0.2, 0) is 0 Å². The number of nitrogens with zero attached hydrogens (tertiary/aromatic N) is 5. The summed E-state index contributed by atoms with van der Waals surface area (Å²) < 4.78 is 0. The van der Waals surface area contributed by atoms with Crippen LogP contribution < -0.4 is 10.2 Å². The number of halogens is 2. The summed E-state index contributed by atoms with van der Waals surface area (Å²) in [5, 5.41) is 11.4. The second-order valence-corrected chi connectivity index (χ2v) is 7.75. The van der Waals surface area contributed by atoms with Crippen molar-refractivity contribution in [3.05, 3.63) is 46.1 Å². The first-order valence-electron chi connectivity index (χ1n) is 8.80. The molecule has 7 nitrogen and oxygen atoms in total. The van der Waals surface area contributed by atoms with E-state index < -0.39 is 0 Å². The molecule has 0 amide bonds. The van der Waals surface area contributed by atoms with Crippen molar-refractivity contribution in [3.8, 4) is 11.4 Å². The molecule has 0 atom stereocenters. The molecular weight excluding hydrogens is 397 g/mol. The Bertz CT molecular complexity index is 935. The maximum Gasteiger partial charge on any atom is 0.163 e. The van der Waals surface area contributed by atoms with Crippen LogP contribution >= 0.6 is 23.2 Å². The average Bonchev–Trinajstić information content (AvgIpc) is 3.03. The van der Waals surface area contributed by atoms with Crippen molar-refractivity contribution in [2.24, 2.45) is 0 Å². The van der Waals surface area contributed by atoms with Crippen LogP contribution in [0.15, 0.2) is 30.3 Å². The molecule has 2 N–H and O–H groups in total. The number of likely N-dealkylation sites (N-methyl/N-ethyl adjacent to an activating group) is 2. The van der Waals surface area contributed by atoms with E-state index in [2.05, 4.69) is 30.3 Å². The molecule has 0 radical (unpaired) electrons. The van der Waals surface area contributed by atoms with E-state index in [1.165, 1.54) is 0 Å². The minimum Gasteiger partial charge on any atom is -0.358 e. The van der Waals surface area contributed by atoms with Gasteiger partial charge in [0.25, 0.3) is 0 Å². The Balaban J connectivity index is 1.99. The van der Waals surface area contributed by atoms with Crippen molar-refractivity contribution in [2.75, 3.05) is 44.4 Å². The summed E-state index contributed by atoms with van der Waals surface area (Å²) >= 11 is 12.3. The fourth-order valence-electron chi connectivity index (χ4n) is 2.58. The molecule has 9 heteroatoms. The molecule has 3 rings (SSSR count). The molecule has 0 spiro atoms. The van der Waals surface area contributed by atoms with Gasteiger partial charge in [0.2, 0.25) is 0 Å². The highest BCUT2D eigenvalue weighted by Gasteiger charge is 2.13. The van der Waals surface area contributed by atoms with Crippen LogP contribution in [0.3, 0.4) is 0 Å². The predicted molar refractivity (Wildman–Crippen MR) is 116 cm³/mol. The molecular formula is C19H23Cl2N7. The van der Waals surface area contributed by atoms with Crippen molar-refractivity contribution < 1.29 is 0 Å². The Labute approximate surface area is 174 Å². The number of nitrogens with one attached hydrogen (secondary N) is 2. The summed E-state index contributed by atoms with van der Waals surface area (Å²) in [6, 6.07) is 9.10. The van der Waals surface area contributed by atoms with Gasteiger partial charge in [0.15, 0.2) is 11.6 Å². The zero-order valence-corrected chi connectivity index (χ0v) is 17.8. The zero-order valence-electron chi connectivity index (χ0n) is 16.3. The first-order valence-corrected chi connectivity index (χ1v) is 9.56. The Morgan fingerprint density at radius 1 is 0.929 bits per heavy atom. The van der Waals surface area contributed by atoms with Gasteiger partial charge in [-0.1, -0.05) is 23.2 Å². The molecule has 28 heavy (non-hydrogen) atoms. The molecule has 0 aliphatic rings. The van der Waals surface area contributed by atoms with Crippen molar-refractivity contribution in [3.63, 3.8) is 0 Å². The van der Waals surface area contributed by atoms with E-state index in [4.69, 9.17) is 28.2 Å².